The van der Waals surface area contributed by atoms with E-state index in [0.717, 1.165) is 47.3 Å². The minimum Gasteiger partial charge on any atom is -0.310 e. The molecule has 8 bridgehead atoms. The van der Waals surface area contributed by atoms with E-state index >= 15 is 0 Å². The van der Waals surface area contributed by atoms with Crippen molar-refractivity contribution in [1.29, 1.82) is 0 Å². The van der Waals surface area contributed by atoms with Gasteiger partial charge in [0.2, 0.25) is 0 Å². The Morgan fingerprint density at radius 2 is 0.651 bits per heavy atom. The van der Waals surface area contributed by atoms with Gasteiger partial charge in [-0.25, -0.2) is 0 Å². The third-order valence-corrected chi connectivity index (χ3v) is 19.0. The van der Waals surface area contributed by atoms with Crippen LogP contribution in [0.1, 0.15) is 86.5 Å². The first-order valence-electron chi connectivity index (χ1n) is 24.7. The zero-order valence-corrected chi connectivity index (χ0v) is 36.2. The molecule has 7 aromatic rings. The molecule has 1 nitrogen and oxygen atoms in total. The number of anilines is 3. The summed E-state index contributed by atoms with van der Waals surface area (Å²) in [4.78, 5) is 2.51. The van der Waals surface area contributed by atoms with Gasteiger partial charge in [0.15, 0.2) is 0 Å². The van der Waals surface area contributed by atoms with Gasteiger partial charge in [-0.05, 0) is 221 Å². The van der Waals surface area contributed by atoms with Gasteiger partial charge in [0, 0.05) is 27.9 Å². The van der Waals surface area contributed by atoms with Crippen LogP contribution >= 0.6 is 0 Å². The Balaban J connectivity index is 0.835. The van der Waals surface area contributed by atoms with E-state index in [1.165, 1.54) is 126 Å². The Kier molecular flexibility index (Phi) is 7.36. The molecule has 8 saturated carbocycles. The molecule has 2 spiro atoms. The lowest BCUT2D eigenvalue weighted by atomic mass is 9.43. The van der Waals surface area contributed by atoms with E-state index in [1.807, 2.05) is 0 Å². The van der Waals surface area contributed by atoms with Gasteiger partial charge in [0.1, 0.15) is 0 Å². The molecule has 0 aromatic heterocycles. The van der Waals surface area contributed by atoms with Gasteiger partial charge in [-0.2, -0.15) is 0 Å². The smallest absolute Gasteiger partial charge is 0.0468 e. The third kappa shape index (κ3) is 4.79. The highest BCUT2D eigenvalue weighted by atomic mass is 15.1. The molecule has 0 amide bonds. The van der Waals surface area contributed by atoms with Crippen LogP contribution in [0.3, 0.4) is 0 Å². The molecular weight excluding hydrogens is 759 g/mol. The van der Waals surface area contributed by atoms with Gasteiger partial charge >= 0.3 is 0 Å². The van der Waals surface area contributed by atoms with Gasteiger partial charge in [0.05, 0.1) is 0 Å². The molecule has 0 heterocycles. The van der Waals surface area contributed by atoms with Crippen LogP contribution in [0.25, 0.3) is 44.5 Å². The van der Waals surface area contributed by atoms with Crippen LogP contribution in [-0.4, -0.2) is 0 Å². The summed E-state index contributed by atoms with van der Waals surface area (Å²) >= 11 is 0. The minimum atomic E-state index is 0.174. The predicted octanol–water partition coefficient (Wildman–Crippen LogP) is 15.9. The standard InChI is InChI=1S/C62H55N/c1-2-8-42(9-3-1)43-14-19-50(20-15-43)63(52-23-25-60-56(37-52)54-11-5-7-13-58(54)62(60)48-32-40-27-41(34-48)35-49(62)33-40)51-21-16-44(17-22-51)45-18-24-59-55(36-45)53-10-4-6-12-57(53)61(59)46-28-38-26-39(30-46)31-47(61)29-38/h1-25,36-41,46-49H,26-35H2/t38-,39?,40-,41?,46-,47+,48-,49+,61-,62+. The first kappa shape index (κ1) is 35.8. The number of rotatable bonds is 5. The second-order valence-electron chi connectivity index (χ2n) is 21.7. The monoisotopic (exact) mass is 813 g/mol. The summed E-state index contributed by atoms with van der Waals surface area (Å²) in [6.45, 7) is 0. The number of hydrogen-bond donors (Lipinski definition) is 0. The molecule has 0 N–H and O–H groups in total. The zero-order chi connectivity index (χ0) is 41.0. The van der Waals surface area contributed by atoms with Crippen LogP contribution in [0.5, 0.6) is 0 Å². The summed E-state index contributed by atoms with van der Waals surface area (Å²) in [5.74, 6) is 6.92. The van der Waals surface area contributed by atoms with E-state index in [-0.39, 0.29) is 10.8 Å². The Bertz CT molecular complexity index is 2910. The number of fused-ring (bicyclic) bond motifs is 6. The number of benzene rings is 7. The second kappa shape index (κ2) is 13.0. The fourth-order valence-corrected chi connectivity index (χ4v) is 17.3. The highest BCUT2D eigenvalue weighted by Gasteiger charge is 2.63. The molecule has 0 unspecified atom stereocenters. The number of hydrogen-bond acceptors (Lipinski definition) is 1. The fourth-order valence-electron chi connectivity index (χ4n) is 17.3. The van der Waals surface area contributed by atoms with Crippen molar-refractivity contribution in [1.82, 2.24) is 0 Å². The molecule has 1 heteroatoms. The molecule has 8 fully saturated rings. The molecule has 0 atom stereocenters. The maximum atomic E-state index is 2.57. The highest BCUT2D eigenvalue weighted by Crippen LogP contribution is 2.71. The molecule has 63 heavy (non-hydrogen) atoms. The van der Waals surface area contributed by atoms with E-state index in [4.69, 9.17) is 0 Å². The summed E-state index contributed by atoms with van der Waals surface area (Å²) in [5, 5.41) is 0. The lowest BCUT2D eigenvalue weighted by Gasteiger charge is -2.61. The maximum absolute atomic E-state index is 2.57. The van der Waals surface area contributed by atoms with E-state index in [2.05, 4.69) is 169 Å². The molecule has 0 saturated heterocycles. The quantitative estimate of drug-likeness (QED) is 0.167. The zero-order valence-electron chi connectivity index (χ0n) is 36.2. The van der Waals surface area contributed by atoms with E-state index < -0.39 is 0 Å². The average Bonchev–Trinajstić information content (AvgIpc) is 3.78. The highest BCUT2D eigenvalue weighted by molar-refractivity contribution is 5.89. The molecule has 0 radical (unpaired) electrons. The third-order valence-electron chi connectivity index (χ3n) is 19.0. The van der Waals surface area contributed by atoms with Crippen molar-refractivity contribution in [2.45, 2.75) is 75.0 Å². The van der Waals surface area contributed by atoms with E-state index in [0.29, 0.717) is 0 Å². The summed E-state index contributed by atoms with van der Waals surface area (Å²) in [5.41, 5.74) is 21.6. The van der Waals surface area contributed by atoms with Crippen molar-refractivity contribution in [3.05, 3.63) is 186 Å². The Morgan fingerprint density at radius 3 is 1.16 bits per heavy atom. The Hall–Kier alpha value is -5.66. The summed E-state index contributed by atoms with van der Waals surface area (Å²) in [7, 11) is 0. The lowest BCUT2D eigenvalue weighted by Crippen LogP contribution is -2.55. The van der Waals surface area contributed by atoms with Crippen molar-refractivity contribution < 1.29 is 0 Å². The topological polar surface area (TPSA) is 3.24 Å². The van der Waals surface area contributed by atoms with Crippen LogP contribution in [0.4, 0.5) is 17.1 Å². The van der Waals surface area contributed by atoms with Gasteiger partial charge in [-0.15, -0.1) is 0 Å². The van der Waals surface area contributed by atoms with Crippen molar-refractivity contribution >= 4 is 17.1 Å². The number of nitrogens with zero attached hydrogens (tertiary/aromatic N) is 1. The molecule has 7 aromatic carbocycles. The van der Waals surface area contributed by atoms with Crippen LogP contribution in [0, 0.1) is 47.3 Å². The normalized spacial score (nSPS) is 31.6. The summed E-state index contributed by atoms with van der Waals surface area (Å²) < 4.78 is 0. The Labute approximate surface area is 373 Å². The average molecular weight is 814 g/mol. The molecule has 10 aliphatic carbocycles. The van der Waals surface area contributed by atoms with Crippen molar-refractivity contribution in [2.24, 2.45) is 47.3 Å². The molecule has 0 aliphatic heterocycles. The predicted molar refractivity (Wildman–Crippen MR) is 259 cm³/mol. The van der Waals surface area contributed by atoms with Crippen LogP contribution < -0.4 is 4.90 Å². The van der Waals surface area contributed by atoms with Crippen LogP contribution in [-0.2, 0) is 10.8 Å². The lowest BCUT2D eigenvalue weighted by molar-refractivity contribution is -0.0399. The SMILES string of the molecule is c1ccc(-c2ccc(N(c3ccc(-c4ccc5c(c4)-c4ccccc4[C@]54[C@H]5CC6C[C@H](C5)C[C@H]4C6)cc3)c3ccc4c(c3)-c3ccccc3[C@]43[C@@H]4CC5C[C@@H](C4)C[C@@H]3C5)cc2)cc1. The van der Waals surface area contributed by atoms with Gasteiger partial charge in [0.25, 0.3) is 0 Å². The maximum Gasteiger partial charge on any atom is 0.0468 e. The first-order valence-corrected chi connectivity index (χ1v) is 24.7. The van der Waals surface area contributed by atoms with E-state index in [9.17, 15) is 0 Å². The Morgan fingerprint density at radius 1 is 0.286 bits per heavy atom. The van der Waals surface area contributed by atoms with E-state index in [1.54, 1.807) is 22.3 Å². The van der Waals surface area contributed by atoms with Gasteiger partial charge in [-0.1, -0.05) is 121 Å². The minimum absolute atomic E-state index is 0.174. The summed E-state index contributed by atoms with van der Waals surface area (Å²) in [6, 6.07) is 63.9. The molecule has 17 rings (SSSR count). The van der Waals surface area contributed by atoms with Crippen LogP contribution in [0.2, 0.25) is 0 Å². The largest absolute Gasteiger partial charge is 0.310 e. The molecular formula is C62H55N. The van der Waals surface area contributed by atoms with Gasteiger partial charge < -0.3 is 4.90 Å². The van der Waals surface area contributed by atoms with Crippen molar-refractivity contribution in [2.75, 3.05) is 4.90 Å². The van der Waals surface area contributed by atoms with Crippen molar-refractivity contribution in [3.63, 3.8) is 0 Å². The molecule has 10 aliphatic rings. The van der Waals surface area contributed by atoms with Crippen molar-refractivity contribution in [3.8, 4) is 44.5 Å². The molecule has 308 valence electrons. The van der Waals surface area contributed by atoms with Crippen LogP contribution in [0.15, 0.2) is 164 Å². The van der Waals surface area contributed by atoms with Gasteiger partial charge in [-0.3, -0.25) is 0 Å². The fraction of sp³-hybridized carbons (Fsp3) is 0.323. The second-order valence-corrected chi connectivity index (χ2v) is 21.7. The summed E-state index contributed by atoms with van der Waals surface area (Å²) in [6.07, 6.45) is 14.3. The first-order chi connectivity index (χ1) is 31.1.